The molecule has 0 bridgehead atoms. The number of hydrogen-bond donors (Lipinski definition) is 1. The molecule has 0 saturated heterocycles. The minimum absolute atomic E-state index is 0.320. The van der Waals surface area contributed by atoms with Gasteiger partial charge in [0, 0.05) is 5.56 Å². The number of halogens is 1. The molecule has 4 nitrogen and oxygen atoms in total. The fraction of sp³-hybridized carbons (Fsp3) is 0.100. The highest BCUT2D eigenvalue weighted by atomic mass is 32.1. The lowest BCUT2D eigenvalue weighted by atomic mass is 10.2. The number of aromatic nitrogens is 3. The van der Waals surface area contributed by atoms with E-state index in [-0.39, 0.29) is 5.82 Å². The van der Waals surface area contributed by atoms with Gasteiger partial charge in [-0.05, 0) is 25.2 Å². The van der Waals surface area contributed by atoms with Crippen molar-refractivity contribution in [2.24, 2.45) is 5.10 Å². The largest absolute Gasteiger partial charge is 0.250 e. The number of nitrogens with one attached hydrogen (secondary N) is 1. The van der Waals surface area contributed by atoms with Crippen molar-refractivity contribution in [3.63, 3.8) is 0 Å². The van der Waals surface area contributed by atoms with Crippen LogP contribution in [0.5, 0.6) is 0 Å². The molecule has 0 radical (unpaired) electrons. The van der Waals surface area contributed by atoms with Crippen molar-refractivity contribution in [1.82, 2.24) is 14.9 Å². The van der Waals surface area contributed by atoms with Crippen LogP contribution in [0, 0.1) is 17.5 Å². The second-order valence-corrected chi connectivity index (χ2v) is 3.54. The van der Waals surface area contributed by atoms with Crippen LogP contribution in [0.1, 0.15) is 11.4 Å². The van der Waals surface area contributed by atoms with Crippen molar-refractivity contribution < 1.29 is 4.39 Å². The van der Waals surface area contributed by atoms with Gasteiger partial charge in [-0.2, -0.15) is 14.9 Å². The number of rotatable bonds is 2. The third-order valence-corrected chi connectivity index (χ3v) is 2.29. The fourth-order valence-corrected chi connectivity index (χ4v) is 1.43. The van der Waals surface area contributed by atoms with Gasteiger partial charge in [0.2, 0.25) is 4.77 Å². The molecule has 0 aliphatic heterocycles. The maximum absolute atomic E-state index is 13.3. The van der Waals surface area contributed by atoms with Crippen LogP contribution in [-0.2, 0) is 0 Å². The highest BCUT2D eigenvalue weighted by Gasteiger charge is 1.99. The maximum Gasteiger partial charge on any atom is 0.216 e. The highest BCUT2D eigenvalue weighted by Crippen LogP contribution is 2.03. The quantitative estimate of drug-likeness (QED) is 0.642. The molecule has 0 fully saturated rings. The molecule has 1 aromatic carbocycles. The van der Waals surface area contributed by atoms with Gasteiger partial charge in [0.1, 0.15) is 11.6 Å². The van der Waals surface area contributed by atoms with Gasteiger partial charge in [-0.15, -0.1) is 0 Å². The lowest BCUT2D eigenvalue weighted by molar-refractivity contribution is 0.625. The molecule has 16 heavy (non-hydrogen) atoms. The fourth-order valence-electron chi connectivity index (χ4n) is 1.21. The summed E-state index contributed by atoms with van der Waals surface area (Å²) in [6.07, 6.45) is 1.41. The molecular formula is C10H9FN4S. The lowest BCUT2D eigenvalue weighted by Crippen LogP contribution is -1.95. The number of H-pyrrole nitrogens is 1. The summed E-state index contributed by atoms with van der Waals surface area (Å²) in [6, 6.07) is 6.38. The summed E-state index contributed by atoms with van der Waals surface area (Å²) < 4.78 is 15.1. The van der Waals surface area contributed by atoms with Crippen LogP contribution in [-0.4, -0.2) is 21.1 Å². The molecule has 0 atom stereocenters. The van der Waals surface area contributed by atoms with Crippen molar-refractivity contribution in [3.8, 4) is 0 Å². The Labute approximate surface area is 96.4 Å². The van der Waals surface area contributed by atoms with Crippen LogP contribution in [0.4, 0.5) is 4.39 Å². The summed E-state index contributed by atoms with van der Waals surface area (Å²) in [4.78, 5) is 0. The number of nitrogens with zero attached hydrogens (tertiary/aromatic N) is 3. The predicted molar refractivity (Wildman–Crippen MR) is 61.5 cm³/mol. The molecular weight excluding hydrogens is 227 g/mol. The van der Waals surface area contributed by atoms with Crippen LogP contribution in [0.2, 0.25) is 0 Å². The summed E-state index contributed by atoms with van der Waals surface area (Å²) in [5.41, 5.74) is 0.407. The average Bonchev–Trinajstić information content (AvgIpc) is 2.58. The summed E-state index contributed by atoms with van der Waals surface area (Å²) in [7, 11) is 0. The smallest absolute Gasteiger partial charge is 0.216 e. The zero-order valence-corrected chi connectivity index (χ0v) is 9.33. The van der Waals surface area contributed by atoms with Crippen molar-refractivity contribution in [3.05, 3.63) is 46.2 Å². The molecule has 0 aliphatic rings. The van der Waals surface area contributed by atoms with Gasteiger partial charge in [0.15, 0.2) is 0 Å². The van der Waals surface area contributed by atoms with Gasteiger partial charge in [-0.25, -0.2) is 4.39 Å². The Kier molecular flexibility index (Phi) is 2.91. The second-order valence-electron chi connectivity index (χ2n) is 3.15. The molecule has 0 amide bonds. The molecule has 1 aromatic heterocycles. The topological polar surface area (TPSA) is 46.0 Å². The molecule has 1 N–H and O–H groups in total. The molecule has 0 unspecified atom stereocenters. The van der Waals surface area contributed by atoms with E-state index in [1.807, 2.05) is 0 Å². The Morgan fingerprint density at radius 2 is 2.25 bits per heavy atom. The summed E-state index contributed by atoms with van der Waals surface area (Å²) in [5.74, 6) is 0.302. The molecule has 2 rings (SSSR count). The first kappa shape index (κ1) is 10.7. The second kappa shape index (κ2) is 4.36. The van der Waals surface area contributed by atoms with E-state index in [1.165, 1.54) is 17.0 Å². The Hall–Kier alpha value is -1.82. The van der Waals surface area contributed by atoms with E-state index >= 15 is 0 Å². The number of aryl methyl sites for hydroxylation is 1. The third-order valence-electron chi connectivity index (χ3n) is 2.03. The average molecular weight is 236 g/mol. The van der Waals surface area contributed by atoms with Crippen molar-refractivity contribution >= 4 is 18.4 Å². The van der Waals surface area contributed by atoms with Gasteiger partial charge >= 0.3 is 0 Å². The van der Waals surface area contributed by atoms with E-state index in [0.717, 1.165) is 0 Å². The first-order valence-corrected chi connectivity index (χ1v) is 5.02. The van der Waals surface area contributed by atoms with E-state index in [0.29, 0.717) is 16.2 Å². The molecule has 1 heterocycles. The predicted octanol–water partition coefficient (Wildman–Crippen LogP) is 2.27. The molecule has 0 spiro atoms. The minimum Gasteiger partial charge on any atom is -0.250 e. The Bertz CT molecular complexity index is 585. The van der Waals surface area contributed by atoms with Crippen LogP contribution in [0.15, 0.2) is 29.4 Å². The Balaban J connectivity index is 2.36. The van der Waals surface area contributed by atoms with Crippen LogP contribution in [0.3, 0.4) is 0 Å². The molecule has 2 aromatic rings. The number of hydrogen-bond acceptors (Lipinski definition) is 3. The van der Waals surface area contributed by atoms with E-state index < -0.39 is 0 Å². The first-order chi connectivity index (χ1) is 7.68. The van der Waals surface area contributed by atoms with Crippen molar-refractivity contribution in [2.75, 3.05) is 0 Å². The van der Waals surface area contributed by atoms with Gasteiger partial charge in [0.25, 0.3) is 0 Å². The van der Waals surface area contributed by atoms with Gasteiger partial charge in [0.05, 0.1) is 6.21 Å². The Morgan fingerprint density at radius 1 is 1.50 bits per heavy atom. The van der Waals surface area contributed by atoms with Gasteiger partial charge in [-0.1, -0.05) is 18.2 Å². The van der Waals surface area contributed by atoms with Crippen LogP contribution in [0.25, 0.3) is 0 Å². The maximum atomic E-state index is 13.3. The van der Waals surface area contributed by atoms with E-state index in [1.54, 1.807) is 25.1 Å². The minimum atomic E-state index is -0.320. The zero-order valence-electron chi connectivity index (χ0n) is 8.51. The van der Waals surface area contributed by atoms with Crippen LogP contribution < -0.4 is 0 Å². The normalized spacial score (nSPS) is 11.1. The molecule has 0 aliphatic carbocycles. The van der Waals surface area contributed by atoms with E-state index in [2.05, 4.69) is 15.3 Å². The summed E-state index contributed by atoms with van der Waals surface area (Å²) >= 11 is 4.96. The zero-order chi connectivity index (χ0) is 11.5. The summed E-state index contributed by atoms with van der Waals surface area (Å²) in [6.45, 7) is 1.75. The standard InChI is InChI=1S/C10H9FN4S/c1-7-13-14-10(16)15(7)12-6-8-4-2-3-5-9(8)11/h2-6H,1H3,(H,14,16)/b12-6-. The first-order valence-electron chi connectivity index (χ1n) is 4.61. The van der Waals surface area contributed by atoms with E-state index in [9.17, 15) is 4.39 Å². The van der Waals surface area contributed by atoms with Crippen molar-refractivity contribution in [2.45, 2.75) is 6.92 Å². The number of aromatic amines is 1. The molecule has 6 heteroatoms. The van der Waals surface area contributed by atoms with Crippen molar-refractivity contribution in [1.29, 1.82) is 0 Å². The number of benzene rings is 1. The monoisotopic (exact) mass is 236 g/mol. The van der Waals surface area contributed by atoms with E-state index in [4.69, 9.17) is 12.2 Å². The van der Waals surface area contributed by atoms with Crippen LogP contribution >= 0.6 is 12.2 Å². The van der Waals surface area contributed by atoms with Gasteiger partial charge < -0.3 is 0 Å². The SMILES string of the molecule is Cc1n[nH]c(=S)n1/N=C\c1ccccc1F. The molecule has 0 saturated carbocycles. The summed E-state index contributed by atoms with van der Waals surface area (Å²) in [5, 5.41) is 10.5. The third kappa shape index (κ3) is 2.06. The Morgan fingerprint density at radius 3 is 2.88 bits per heavy atom. The van der Waals surface area contributed by atoms with Gasteiger partial charge in [-0.3, -0.25) is 5.10 Å². The molecule has 82 valence electrons. The lowest BCUT2D eigenvalue weighted by Gasteiger charge is -1.96. The highest BCUT2D eigenvalue weighted by molar-refractivity contribution is 7.71.